The molecule has 0 radical (unpaired) electrons. The molecule has 8 atom stereocenters. The first kappa shape index (κ1) is 16.1. The van der Waals surface area contributed by atoms with E-state index in [0.717, 1.165) is 50.5 Å². The van der Waals surface area contributed by atoms with Gasteiger partial charge in [0.05, 0.1) is 17.8 Å². The molecule has 23 heavy (non-hydrogen) atoms. The van der Waals surface area contributed by atoms with E-state index >= 15 is 0 Å². The van der Waals surface area contributed by atoms with E-state index in [0.29, 0.717) is 17.8 Å². The molecule has 0 bridgehead atoms. The van der Waals surface area contributed by atoms with Crippen molar-refractivity contribution >= 4 is 0 Å². The molecule has 3 nitrogen and oxygen atoms in total. The van der Waals surface area contributed by atoms with Crippen LogP contribution >= 0.6 is 0 Å². The van der Waals surface area contributed by atoms with Gasteiger partial charge in [-0.3, -0.25) is 0 Å². The summed E-state index contributed by atoms with van der Waals surface area (Å²) in [5.74, 6) is 1.63. The van der Waals surface area contributed by atoms with Crippen molar-refractivity contribution in [2.24, 2.45) is 28.6 Å². The Bertz CT molecular complexity index is 539. The van der Waals surface area contributed by atoms with Crippen molar-refractivity contribution in [2.75, 3.05) is 0 Å². The summed E-state index contributed by atoms with van der Waals surface area (Å²) in [5, 5.41) is 31.8. The second kappa shape index (κ2) is 4.83. The highest BCUT2D eigenvalue weighted by Gasteiger charge is 2.63. The van der Waals surface area contributed by atoms with Crippen LogP contribution in [0, 0.1) is 28.6 Å². The van der Waals surface area contributed by atoms with Gasteiger partial charge >= 0.3 is 0 Å². The van der Waals surface area contributed by atoms with Gasteiger partial charge in [-0.1, -0.05) is 19.9 Å². The number of fused-ring (bicyclic) bond motifs is 5. The molecule has 130 valence electrons. The van der Waals surface area contributed by atoms with Crippen LogP contribution in [-0.2, 0) is 0 Å². The molecule has 0 aromatic carbocycles. The van der Waals surface area contributed by atoms with E-state index in [2.05, 4.69) is 13.8 Å². The number of aliphatic hydroxyl groups is 3. The molecular weight excluding hydrogens is 288 g/mol. The molecule has 0 amide bonds. The minimum atomic E-state index is -0.562. The second-order valence-corrected chi connectivity index (χ2v) is 9.54. The summed E-state index contributed by atoms with van der Waals surface area (Å²) >= 11 is 0. The van der Waals surface area contributed by atoms with Crippen LogP contribution in [-0.4, -0.2) is 33.1 Å². The topological polar surface area (TPSA) is 60.7 Å². The lowest BCUT2D eigenvalue weighted by atomic mass is 9.46. The van der Waals surface area contributed by atoms with Crippen LogP contribution in [0.2, 0.25) is 0 Å². The van der Waals surface area contributed by atoms with Crippen molar-refractivity contribution in [3.63, 3.8) is 0 Å². The van der Waals surface area contributed by atoms with Crippen LogP contribution in [0.3, 0.4) is 0 Å². The molecule has 4 aliphatic rings. The summed E-state index contributed by atoms with van der Waals surface area (Å²) in [6.45, 7) is 6.63. The summed E-state index contributed by atoms with van der Waals surface area (Å²) in [7, 11) is 0. The number of rotatable bonds is 0. The average Bonchev–Trinajstić information content (AvgIpc) is 2.72. The van der Waals surface area contributed by atoms with E-state index in [4.69, 9.17) is 0 Å². The van der Waals surface area contributed by atoms with Gasteiger partial charge in [-0.05, 0) is 86.0 Å². The molecule has 3 saturated carbocycles. The number of aliphatic hydroxyl groups excluding tert-OH is 2. The highest BCUT2D eigenvalue weighted by Crippen LogP contribution is 2.67. The van der Waals surface area contributed by atoms with E-state index in [9.17, 15) is 15.3 Å². The Morgan fingerprint density at radius 3 is 2.39 bits per heavy atom. The molecule has 4 aliphatic carbocycles. The van der Waals surface area contributed by atoms with Crippen LogP contribution in [0.25, 0.3) is 0 Å². The predicted molar refractivity (Wildman–Crippen MR) is 89.7 cm³/mol. The Morgan fingerprint density at radius 1 is 0.957 bits per heavy atom. The van der Waals surface area contributed by atoms with Crippen LogP contribution in [0.4, 0.5) is 0 Å². The summed E-state index contributed by atoms with van der Waals surface area (Å²) in [6, 6.07) is 0. The Balaban J connectivity index is 1.72. The van der Waals surface area contributed by atoms with E-state index in [1.165, 1.54) is 0 Å². The predicted octanol–water partition coefficient (Wildman–Crippen LogP) is 3.03. The molecule has 3 fully saturated rings. The SMILES string of the molecule is C[C@@]12CC[C@@H](O)C=C1[C@@H](O)CC1C2CC[C@]2(C)C1CC[C@@]2(C)O. The normalized spacial score (nSPS) is 58.9. The Labute approximate surface area is 139 Å². The first-order chi connectivity index (χ1) is 10.7. The highest BCUT2D eigenvalue weighted by atomic mass is 16.3. The van der Waals surface area contributed by atoms with E-state index < -0.39 is 11.7 Å². The van der Waals surface area contributed by atoms with E-state index in [1.807, 2.05) is 13.0 Å². The van der Waals surface area contributed by atoms with Crippen molar-refractivity contribution in [3.05, 3.63) is 11.6 Å². The van der Waals surface area contributed by atoms with Crippen molar-refractivity contribution in [1.82, 2.24) is 0 Å². The van der Waals surface area contributed by atoms with Gasteiger partial charge in [-0.2, -0.15) is 0 Å². The van der Waals surface area contributed by atoms with Gasteiger partial charge in [0, 0.05) is 0 Å². The molecule has 0 aromatic rings. The lowest BCUT2D eigenvalue weighted by Crippen LogP contribution is -2.56. The fourth-order valence-electron chi connectivity index (χ4n) is 7.00. The van der Waals surface area contributed by atoms with Crippen molar-refractivity contribution in [1.29, 1.82) is 0 Å². The van der Waals surface area contributed by atoms with Gasteiger partial charge in [-0.25, -0.2) is 0 Å². The maximum Gasteiger partial charge on any atom is 0.0759 e. The molecular formula is C20H32O3. The van der Waals surface area contributed by atoms with E-state index in [-0.39, 0.29) is 16.9 Å². The Morgan fingerprint density at radius 2 is 1.65 bits per heavy atom. The summed E-state index contributed by atoms with van der Waals surface area (Å²) < 4.78 is 0. The van der Waals surface area contributed by atoms with Crippen molar-refractivity contribution in [3.8, 4) is 0 Å². The smallest absolute Gasteiger partial charge is 0.0759 e. The van der Waals surface area contributed by atoms with E-state index in [1.54, 1.807) is 0 Å². The molecule has 0 aromatic heterocycles. The van der Waals surface area contributed by atoms with Crippen molar-refractivity contribution in [2.45, 2.75) is 83.5 Å². The van der Waals surface area contributed by atoms with Crippen LogP contribution in [0.5, 0.6) is 0 Å². The van der Waals surface area contributed by atoms with Gasteiger partial charge < -0.3 is 15.3 Å². The molecule has 0 spiro atoms. The number of hydrogen-bond donors (Lipinski definition) is 3. The molecule has 3 unspecified atom stereocenters. The zero-order chi connectivity index (χ0) is 16.6. The summed E-state index contributed by atoms with van der Waals surface area (Å²) in [5.41, 5.74) is 0.579. The Kier molecular flexibility index (Phi) is 3.38. The largest absolute Gasteiger partial charge is 0.390 e. The average molecular weight is 320 g/mol. The first-order valence-electron chi connectivity index (χ1n) is 9.50. The van der Waals surface area contributed by atoms with Crippen LogP contribution < -0.4 is 0 Å². The molecule has 3 N–H and O–H groups in total. The maximum absolute atomic E-state index is 10.9. The molecule has 0 heterocycles. The molecule has 4 rings (SSSR count). The monoisotopic (exact) mass is 320 g/mol. The van der Waals surface area contributed by atoms with Gasteiger partial charge in [0.1, 0.15) is 0 Å². The minimum absolute atomic E-state index is 0.000352. The van der Waals surface area contributed by atoms with Crippen LogP contribution in [0.1, 0.15) is 65.7 Å². The third-order valence-electron chi connectivity index (χ3n) is 8.66. The standard InChI is InChI=1S/C20H32O3/c1-18-7-4-12(21)10-16(18)17(22)11-13-14(18)5-8-19(2)15(13)6-9-20(19,3)23/h10,12-15,17,21-23H,4-9,11H2,1-3H3/t12-,13?,14?,15?,17+,18+,19-,20-/m1/s1. The fraction of sp³-hybridized carbons (Fsp3) is 0.900. The summed E-state index contributed by atoms with van der Waals surface area (Å²) in [6.07, 6.45) is 7.99. The van der Waals surface area contributed by atoms with Gasteiger partial charge in [-0.15, -0.1) is 0 Å². The first-order valence-corrected chi connectivity index (χ1v) is 9.50. The third kappa shape index (κ3) is 1.99. The number of hydrogen-bond acceptors (Lipinski definition) is 3. The maximum atomic E-state index is 10.9. The zero-order valence-corrected chi connectivity index (χ0v) is 14.8. The summed E-state index contributed by atoms with van der Waals surface area (Å²) in [4.78, 5) is 0. The second-order valence-electron chi connectivity index (χ2n) is 9.54. The zero-order valence-electron chi connectivity index (χ0n) is 14.8. The quantitative estimate of drug-likeness (QED) is 0.601. The lowest BCUT2D eigenvalue weighted by molar-refractivity contribution is -0.130. The van der Waals surface area contributed by atoms with Gasteiger partial charge in [0.25, 0.3) is 0 Å². The van der Waals surface area contributed by atoms with Gasteiger partial charge in [0.15, 0.2) is 0 Å². The Hall–Kier alpha value is -0.380. The van der Waals surface area contributed by atoms with Gasteiger partial charge in [0.2, 0.25) is 0 Å². The lowest BCUT2D eigenvalue weighted by Gasteiger charge is -2.60. The fourth-order valence-corrected chi connectivity index (χ4v) is 7.00. The van der Waals surface area contributed by atoms with Crippen LogP contribution in [0.15, 0.2) is 11.6 Å². The minimum Gasteiger partial charge on any atom is -0.390 e. The third-order valence-corrected chi connectivity index (χ3v) is 8.66. The molecule has 0 saturated heterocycles. The highest BCUT2D eigenvalue weighted by molar-refractivity contribution is 5.29. The molecule has 3 heteroatoms. The van der Waals surface area contributed by atoms with Crippen molar-refractivity contribution < 1.29 is 15.3 Å². The molecule has 0 aliphatic heterocycles.